The predicted molar refractivity (Wildman–Crippen MR) is 170 cm³/mol. The molecule has 0 spiro atoms. The van der Waals surface area contributed by atoms with Crippen LogP contribution >= 0.6 is 7.37 Å². The van der Waals surface area contributed by atoms with Gasteiger partial charge in [-0.1, -0.05) is 0 Å². The molecule has 0 radical (unpaired) electrons. The van der Waals surface area contributed by atoms with Crippen LogP contribution in [0.3, 0.4) is 0 Å². The zero-order chi connectivity index (χ0) is 31.6. The van der Waals surface area contributed by atoms with Gasteiger partial charge in [-0.3, -0.25) is 24.1 Å². The van der Waals surface area contributed by atoms with Gasteiger partial charge in [0.2, 0.25) is 7.37 Å². The lowest BCUT2D eigenvalue weighted by Gasteiger charge is -2.21. The predicted octanol–water partition coefficient (Wildman–Crippen LogP) is 4.60. The first kappa shape index (κ1) is 31.3. The van der Waals surface area contributed by atoms with Crippen molar-refractivity contribution in [3.63, 3.8) is 0 Å². The molecule has 0 saturated carbocycles. The molecule has 6 rings (SSSR count). The van der Waals surface area contributed by atoms with Crippen LogP contribution in [0.5, 0.6) is 17.2 Å². The molecule has 2 amide bonds. The number of aliphatic hydroxyl groups excluding tert-OH is 1. The molecule has 13 heteroatoms. The fraction of sp³-hybridized carbons (Fsp3) is 0.500. The second kappa shape index (κ2) is 13.3. The van der Waals surface area contributed by atoms with E-state index in [0.717, 1.165) is 25.7 Å². The van der Waals surface area contributed by atoms with Crippen LogP contribution in [0.25, 0.3) is 0 Å². The van der Waals surface area contributed by atoms with E-state index < -0.39 is 7.37 Å². The van der Waals surface area contributed by atoms with Crippen molar-refractivity contribution in [1.29, 1.82) is 0 Å². The van der Waals surface area contributed by atoms with Crippen LogP contribution in [-0.4, -0.2) is 104 Å². The molecule has 1 N–H and O–H groups in total. The summed E-state index contributed by atoms with van der Waals surface area (Å²) >= 11 is 0. The minimum atomic E-state index is -3.18. The molecule has 0 bridgehead atoms. The summed E-state index contributed by atoms with van der Waals surface area (Å²) in [6, 6.07) is 6.61. The van der Waals surface area contributed by atoms with E-state index in [-0.39, 0.29) is 62.6 Å². The zero-order valence-corrected chi connectivity index (χ0v) is 26.5. The van der Waals surface area contributed by atoms with E-state index in [0.29, 0.717) is 58.4 Å². The Kier molecular flexibility index (Phi) is 9.26. The number of aliphatic hydroxyl groups is 1. The number of methoxy groups -OCH3 is 1. The van der Waals surface area contributed by atoms with E-state index in [4.69, 9.17) is 18.7 Å². The van der Waals surface area contributed by atoms with Gasteiger partial charge in [0.25, 0.3) is 11.8 Å². The van der Waals surface area contributed by atoms with Gasteiger partial charge in [0.1, 0.15) is 5.75 Å². The Hall–Kier alpha value is -3.73. The van der Waals surface area contributed by atoms with Crippen molar-refractivity contribution in [2.45, 2.75) is 51.3 Å². The summed E-state index contributed by atoms with van der Waals surface area (Å²) in [6.45, 7) is 3.23. The first-order chi connectivity index (χ1) is 21.8. The van der Waals surface area contributed by atoms with Crippen LogP contribution in [0.4, 0.5) is 11.4 Å². The summed E-state index contributed by atoms with van der Waals surface area (Å²) in [5.41, 5.74) is 2.37. The third-order valence-electron chi connectivity index (χ3n) is 8.73. The average Bonchev–Trinajstić information content (AvgIpc) is 3.67. The molecule has 0 aromatic heterocycles. The first-order valence-electron chi connectivity index (χ1n) is 15.5. The van der Waals surface area contributed by atoms with Crippen LogP contribution < -0.4 is 14.2 Å². The van der Waals surface area contributed by atoms with Crippen molar-refractivity contribution in [2.24, 2.45) is 9.98 Å². The van der Waals surface area contributed by atoms with Gasteiger partial charge in [-0.15, -0.1) is 0 Å². The molecule has 4 heterocycles. The maximum Gasteiger partial charge on any atom is 0.256 e. The van der Waals surface area contributed by atoms with Crippen molar-refractivity contribution in [1.82, 2.24) is 9.80 Å². The van der Waals surface area contributed by atoms with E-state index in [2.05, 4.69) is 9.98 Å². The molecule has 2 aromatic rings. The Morgan fingerprint density at radius 2 is 1.40 bits per heavy atom. The molecule has 2 fully saturated rings. The summed E-state index contributed by atoms with van der Waals surface area (Å²) < 4.78 is 37.0. The molecular formula is C32H39N4O8P. The monoisotopic (exact) mass is 638 g/mol. The Balaban J connectivity index is 1.11. The molecule has 1 unspecified atom stereocenters. The van der Waals surface area contributed by atoms with Gasteiger partial charge in [0.15, 0.2) is 11.5 Å². The molecular weight excluding hydrogens is 599 g/mol. The summed E-state index contributed by atoms with van der Waals surface area (Å²) in [7, 11) is -1.67. The number of hydrogen-bond acceptors (Lipinski definition) is 10. The van der Waals surface area contributed by atoms with E-state index in [1.165, 1.54) is 7.11 Å². The largest absolute Gasteiger partial charge is 0.493 e. The molecule has 2 aromatic carbocycles. The number of rotatable bonds is 12. The Labute approximate surface area is 262 Å². The molecule has 4 aliphatic rings. The molecule has 4 aliphatic heterocycles. The standard InChI is InChI=1S/C32H39N4O8P/c1-3-44-45(40,12-10-42-28-16-26-24(14-21(28)20-37)31(38)35-8-4-6-22(35)18-33-26)13-11-43-30-17-27-25(15-29(30)41-2)32(39)36-9-5-7-23(36)19-34-27/h14-19,22-23,37H,3-13,20H2,1-2H3/t22-,23-,45?/m0/s1. The fourth-order valence-electron chi connectivity index (χ4n) is 6.36. The number of hydrogen-bond donors (Lipinski definition) is 1. The number of aliphatic imine (C=N–C) groups is 2. The van der Waals surface area contributed by atoms with Crippen LogP contribution in [0.1, 0.15) is 58.9 Å². The number of ether oxygens (including phenoxy) is 3. The van der Waals surface area contributed by atoms with Crippen LogP contribution in [-0.2, 0) is 15.7 Å². The lowest BCUT2D eigenvalue weighted by Crippen LogP contribution is -2.35. The van der Waals surface area contributed by atoms with E-state index in [1.807, 2.05) is 16.0 Å². The minimum Gasteiger partial charge on any atom is -0.493 e. The SMILES string of the molecule is CCOP(=O)(CCOc1cc2c(cc1CO)C(=O)N1CCC[C@H]1C=N2)CCOc1cc2c(cc1OC)C(=O)N1CCC[C@H]1C=N2. The van der Waals surface area contributed by atoms with Gasteiger partial charge in [-0.2, -0.15) is 0 Å². The van der Waals surface area contributed by atoms with Crippen LogP contribution in [0.2, 0.25) is 0 Å². The highest BCUT2D eigenvalue weighted by molar-refractivity contribution is 7.59. The maximum atomic E-state index is 13.8. The number of carbonyl (C=O) groups excluding carboxylic acids is 2. The van der Waals surface area contributed by atoms with Crippen molar-refractivity contribution >= 4 is 43.0 Å². The van der Waals surface area contributed by atoms with Crippen molar-refractivity contribution in [3.8, 4) is 17.2 Å². The van der Waals surface area contributed by atoms with Crippen molar-refractivity contribution in [2.75, 3.05) is 52.3 Å². The number of carbonyl (C=O) groups is 2. The summed E-state index contributed by atoms with van der Waals surface area (Å²) in [4.78, 5) is 39.0. The first-order valence-corrected chi connectivity index (χ1v) is 17.5. The number of benzene rings is 2. The molecule has 3 atom stereocenters. The molecule has 45 heavy (non-hydrogen) atoms. The van der Waals surface area contributed by atoms with Gasteiger partial charge in [0.05, 0.1) is 80.4 Å². The van der Waals surface area contributed by atoms with Crippen molar-refractivity contribution < 1.29 is 38.0 Å². The summed E-state index contributed by atoms with van der Waals surface area (Å²) in [6.07, 6.45) is 7.50. The van der Waals surface area contributed by atoms with Crippen LogP contribution in [0.15, 0.2) is 34.3 Å². The van der Waals surface area contributed by atoms with Gasteiger partial charge in [0, 0.05) is 43.2 Å². The van der Waals surface area contributed by atoms with E-state index in [1.54, 1.807) is 37.4 Å². The maximum absolute atomic E-state index is 13.8. The van der Waals surface area contributed by atoms with E-state index >= 15 is 0 Å². The lowest BCUT2D eigenvalue weighted by molar-refractivity contribution is 0.0766. The van der Waals surface area contributed by atoms with Crippen LogP contribution in [0, 0.1) is 0 Å². The van der Waals surface area contributed by atoms with E-state index in [9.17, 15) is 19.3 Å². The average molecular weight is 639 g/mol. The summed E-state index contributed by atoms with van der Waals surface area (Å²) in [5, 5.41) is 10.0. The van der Waals surface area contributed by atoms with Gasteiger partial charge < -0.3 is 33.6 Å². The minimum absolute atomic E-state index is 0.00765. The highest BCUT2D eigenvalue weighted by Gasteiger charge is 2.34. The highest BCUT2D eigenvalue weighted by Crippen LogP contribution is 2.47. The highest BCUT2D eigenvalue weighted by atomic mass is 31.2. The zero-order valence-electron chi connectivity index (χ0n) is 25.6. The molecule has 2 saturated heterocycles. The second-order valence-corrected chi connectivity index (χ2v) is 14.3. The summed E-state index contributed by atoms with van der Waals surface area (Å²) in [5.74, 6) is 1.000. The Bertz CT molecular complexity index is 1470. The molecule has 12 nitrogen and oxygen atoms in total. The molecule has 0 aliphatic carbocycles. The quantitative estimate of drug-likeness (QED) is 0.333. The Morgan fingerprint density at radius 3 is 1.96 bits per heavy atom. The number of amides is 2. The van der Waals surface area contributed by atoms with Gasteiger partial charge >= 0.3 is 0 Å². The van der Waals surface area contributed by atoms with Crippen molar-refractivity contribution in [3.05, 3.63) is 41.0 Å². The van der Waals surface area contributed by atoms with Gasteiger partial charge in [-0.05, 0) is 44.7 Å². The lowest BCUT2D eigenvalue weighted by atomic mass is 10.1. The third-order valence-corrected chi connectivity index (χ3v) is 11.2. The fourth-order valence-corrected chi connectivity index (χ4v) is 8.05. The van der Waals surface area contributed by atoms with Gasteiger partial charge in [-0.25, -0.2) is 0 Å². The second-order valence-electron chi connectivity index (χ2n) is 11.5. The number of nitrogens with zero attached hydrogens (tertiary/aromatic N) is 4. The number of fused-ring (bicyclic) bond motifs is 4. The Morgan fingerprint density at radius 1 is 0.844 bits per heavy atom. The smallest absolute Gasteiger partial charge is 0.256 e. The topological polar surface area (TPSA) is 140 Å². The normalized spacial score (nSPS) is 21.4. The third kappa shape index (κ3) is 6.36. The molecule has 240 valence electrons.